The van der Waals surface area contributed by atoms with E-state index in [0.29, 0.717) is 17.5 Å². The lowest BCUT2D eigenvalue weighted by Gasteiger charge is -2.59. The van der Waals surface area contributed by atoms with E-state index < -0.39 is 41.8 Å². The number of carbonyl (C=O) groups is 2. The molecule has 8 rings (SSSR count). The highest BCUT2D eigenvalue weighted by molar-refractivity contribution is 5.85. The first kappa shape index (κ1) is 25.1. The van der Waals surface area contributed by atoms with E-state index in [1.807, 2.05) is 6.07 Å². The van der Waals surface area contributed by atoms with Gasteiger partial charge in [-0.1, -0.05) is 0 Å². The molecule has 8 aliphatic rings. The molecule has 208 valence electrons. The van der Waals surface area contributed by atoms with Crippen LogP contribution in [0.5, 0.6) is 0 Å². The van der Waals surface area contributed by atoms with Crippen molar-refractivity contribution in [3.05, 3.63) is 0 Å². The van der Waals surface area contributed by atoms with Gasteiger partial charge in [0, 0.05) is 31.0 Å². The molecular weight excluding hydrogens is 497 g/mol. The van der Waals surface area contributed by atoms with Gasteiger partial charge in [0.25, 0.3) is 0 Å². The van der Waals surface area contributed by atoms with Gasteiger partial charge in [0.05, 0.1) is 12.1 Å². The minimum Gasteiger partial charge on any atom is -0.432 e. The molecule has 0 aromatic heterocycles. The Bertz CT molecular complexity index is 1030. The number of nitriles is 1. The Kier molecular flexibility index (Phi) is 5.51. The molecule has 7 nitrogen and oxygen atoms in total. The number of piperidine rings is 2. The van der Waals surface area contributed by atoms with E-state index in [-0.39, 0.29) is 18.8 Å². The van der Waals surface area contributed by atoms with E-state index in [1.54, 1.807) is 0 Å². The van der Waals surface area contributed by atoms with Crippen LogP contribution in [0.3, 0.4) is 0 Å². The zero-order chi connectivity index (χ0) is 26.6. The average Bonchev–Trinajstić information content (AvgIpc) is 3.37. The van der Waals surface area contributed by atoms with Crippen LogP contribution in [-0.2, 0) is 14.3 Å². The van der Waals surface area contributed by atoms with Crippen molar-refractivity contribution in [3.8, 4) is 6.07 Å². The number of nitrogens with zero attached hydrogens (tertiary/aromatic N) is 3. The number of likely N-dealkylation sites (tertiary alicyclic amines) is 1. The molecule has 0 aromatic rings. The summed E-state index contributed by atoms with van der Waals surface area (Å²) in [5.41, 5.74) is 5.32. The lowest BCUT2D eigenvalue weighted by atomic mass is 9.49. The lowest BCUT2D eigenvalue weighted by Crippen LogP contribution is -2.59. The number of hydrogen-bond donors (Lipinski definition) is 1. The monoisotopic (exact) mass is 534 g/mol. The fraction of sp³-hybridized carbons (Fsp3) is 0.893. The maximum atomic E-state index is 13.7. The third kappa shape index (κ3) is 3.81. The number of hydrogen-bond acceptors (Lipinski definition) is 6. The van der Waals surface area contributed by atoms with Gasteiger partial charge in [-0.2, -0.15) is 18.4 Å². The number of carbonyl (C=O) groups excluding carboxylic acids is 2. The van der Waals surface area contributed by atoms with E-state index in [9.17, 15) is 28.0 Å². The van der Waals surface area contributed by atoms with Gasteiger partial charge in [0.15, 0.2) is 5.72 Å². The second-order valence-electron chi connectivity index (χ2n) is 14.0. The summed E-state index contributed by atoms with van der Waals surface area (Å²) in [5.74, 6) is -0.706. The highest BCUT2D eigenvalue weighted by atomic mass is 19.4. The highest BCUT2D eigenvalue weighted by Gasteiger charge is 2.72. The molecule has 8 fully saturated rings. The third-order valence-corrected chi connectivity index (χ3v) is 11.5. The van der Waals surface area contributed by atoms with E-state index in [2.05, 4.69) is 4.90 Å². The second-order valence-corrected chi connectivity index (χ2v) is 14.0. The predicted molar refractivity (Wildman–Crippen MR) is 129 cm³/mol. The topological polar surface area (TPSA) is 99.7 Å². The normalized spacial score (nSPS) is 47.5. The third-order valence-electron chi connectivity index (χ3n) is 11.5. The average molecular weight is 535 g/mol. The minimum absolute atomic E-state index is 0.0971. The quantitative estimate of drug-likeness (QED) is 0.540. The van der Waals surface area contributed by atoms with E-state index >= 15 is 0 Å². The van der Waals surface area contributed by atoms with E-state index in [0.717, 1.165) is 54.9 Å². The summed E-state index contributed by atoms with van der Waals surface area (Å²) >= 11 is 0. The number of nitrogens with two attached hydrogens (primary N) is 1. The van der Waals surface area contributed by atoms with Crippen LogP contribution in [0.2, 0.25) is 0 Å². The van der Waals surface area contributed by atoms with Crippen molar-refractivity contribution < 1.29 is 27.5 Å². The van der Waals surface area contributed by atoms with Gasteiger partial charge in [0.1, 0.15) is 6.04 Å². The van der Waals surface area contributed by atoms with Crippen LogP contribution in [0.25, 0.3) is 0 Å². The fourth-order valence-electron chi connectivity index (χ4n) is 10.4. The molecule has 0 aromatic carbocycles. The summed E-state index contributed by atoms with van der Waals surface area (Å²) in [5, 5.41) is 9.65. The zero-order valence-corrected chi connectivity index (χ0v) is 21.7. The van der Waals surface area contributed by atoms with Gasteiger partial charge < -0.3 is 10.5 Å². The van der Waals surface area contributed by atoms with Gasteiger partial charge in [-0.15, -0.1) is 0 Å². The summed E-state index contributed by atoms with van der Waals surface area (Å²) in [6.07, 6.45) is 7.29. The maximum absolute atomic E-state index is 13.7. The van der Waals surface area contributed by atoms with Crippen molar-refractivity contribution in [2.24, 2.45) is 40.7 Å². The summed E-state index contributed by atoms with van der Waals surface area (Å²) in [6.45, 7) is 1.16. The van der Waals surface area contributed by atoms with Gasteiger partial charge >= 0.3 is 12.1 Å². The number of amides is 1. The second kappa shape index (κ2) is 8.33. The summed E-state index contributed by atoms with van der Waals surface area (Å²) < 4.78 is 43.8. The van der Waals surface area contributed by atoms with Crippen LogP contribution in [0.15, 0.2) is 0 Å². The number of halogens is 3. The molecule has 5 saturated carbocycles. The number of esters is 1. The van der Waals surface area contributed by atoms with Crippen molar-refractivity contribution in [1.29, 1.82) is 5.26 Å². The molecule has 10 heteroatoms. The van der Waals surface area contributed by atoms with Crippen LogP contribution in [-0.4, -0.2) is 64.3 Å². The van der Waals surface area contributed by atoms with Crippen molar-refractivity contribution in [2.45, 2.75) is 113 Å². The Morgan fingerprint density at radius 1 is 0.974 bits per heavy atom. The SMILES string of the molecule is N#C[C@@H]1C[C@@H]2C[C@@]2(OC(=O)C(F)(F)F)N1C(=O)[C@@H](N)C1CC2CCC(C1)N2CC12CC3CC(CC(C3)C1)C2. The van der Waals surface area contributed by atoms with Crippen LogP contribution in [0, 0.1) is 46.3 Å². The lowest BCUT2D eigenvalue weighted by molar-refractivity contribution is -0.217. The van der Waals surface area contributed by atoms with Crippen LogP contribution >= 0.6 is 0 Å². The van der Waals surface area contributed by atoms with Gasteiger partial charge in [-0.25, -0.2) is 4.79 Å². The largest absolute Gasteiger partial charge is 0.491 e. The molecule has 0 spiro atoms. The Morgan fingerprint density at radius 2 is 1.55 bits per heavy atom. The molecular formula is C28H37F3N4O3. The van der Waals surface area contributed by atoms with Gasteiger partial charge in [-0.05, 0) is 99.7 Å². The zero-order valence-electron chi connectivity index (χ0n) is 21.7. The van der Waals surface area contributed by atoms with Crippen LogP contribution in [0.1, 0.15) is 77.0 Å². The predicted octanol–water partition coefficient (Wildman–Crippen LogP) is 3.72. The standard InChI is InChI=1S/C28H37F3N4O3/c29-28(30,31)25(37)38-27-12-19(27)8-22(13-32)35(27)24(36)23(33)18-6-20-1-2-21(7-18)34(20)14-26-9-15-3-16(10-26)5-17(4-15)11-26/h15-23H,1-12,14,33H2/t15?,16?,17?,18?,19-,20?,21?,22+,23+,26?,27+/m1/s1. The molecule has 1 amide bonds. The van der Waals surface area contributed by atoms with Gasteiger partial charge in [-0.3, -0.25) is 14.6 Å². The maximum Gasteiger partial charge on any atom is 0.491 e. The first-order valence-electron chi connectivity index (χ1n) is 14.5. The number of rotatable bonds is 5. The smallest absolute Gasteiger partial charge is 0.432 e. The molecule has 6 bridgehead atoms. The molecule has 5 aliphatic carbocycles. The Morgan fingerprint density at radius 3 is 2.08 bits per heavy atom. The number of fused-ring (bicyclic) bond motifs is 3. The first-order chi connectivity index (χ1) is 18.0. The molecule has 38 heavy (non-hydrogen) atoms. The minimum atomic E-state index is -5.16. The Labute approximate surface area is 221 Å². The van der Waals surface area contributed by atoms with E-state index in [4.69, 9.17) is 10.5 Å². The van der Waals surface area contributed by atoms with Crippen molar-refractivity contribution in [1.82, 2.24) is 9.80 Å². The molecule has 3 heterocycles. The summed E-state index contributed by atoms with van der Waals surface area (Å²) in [4.78, 5) is 29.2. The first-order valence-corrected chi connectivity index (χ1v) is 14.5. The summed E-state index contributed by atoms with van der Waals surface area (Å²) in [6, 6.07) is 0.932. The van der Waals surface area contributed by atoms with Crippen molar-refractivity contribution in [2.75, 3.05) is 6.54 Å². The molecule has 6 atom stereocenters. The fourth-order valence-corrected chi connectivity index (χ4v) is 10.4. The van der Waals surface area contributed by atoms with E-state index in [1.165, 1.54) is 38.5 Å². The molecule has 3 saturated heterocycles. The summed E-state index contributed by atoms with van der Waals surface area (Å²) in [7, 11) is 0. The number of ether oxygens (including phenoxy) is 1. The van der Waals surface area contributed by atoms with Crippen LogP contribution < -0.4 is 5.73 Å². The molecule has 3 aliphatic heterocycles. The number of alkyl halides is 3. The van der Waals surface area contributed by atoms with Gasteiger partial charge in [0.2, 0.25) is 5.91 Å². The van der Waals surface area contributed by atoms with Crippen molar-refractivity contribution >= 4 is 11.9 Å². The molecule has 2 N–H and O–H groups in total. The van der Waals surface area contributed by atoms with Crippen LogP contribution in [0.4, 0.5) is 13.2 Å². The Balaban J connectivity index is 1.04. The molecule has 2 unspecified atom stereocenters. The highest BCUT2D eigenvalue weighted by Crippen LogP contribution is 2.62. The Hall–Kier alpha value is -1.86. The molecule has 0 radical (unpaired) electrons. The van der Waals surface area contributed by atoms with Crippen molar-refractivity contribution in [3.63, 3.8) is 0 Å².